The fourth-order valence-corrected chi connectivity index (χ4v) is 2.36. The highest BCUT2D eigenvalue weighted by Gasteiger charge is 2.21. The molecule has 1 aliphatic rings. The van der Waals surface area contributed by atoms with Crippen LogP contribution in [0, 0.1) is 18.3 Å². The Morgan fingerprint density at radius 1 is 1.47 bits per heavy atom. The Morgan fingerprint density at radius 2 is 2.29 bits per heavy atom. The lowest BCUT2D eigenvalue weighted by molar-refractivity contribution is 0.0893. The molecule has 1 atom stereocenters. The molecule has 2 rings (SSSR count). The van der Waals surface area contributed by atoms with Crippen LogP contribution in [0.15, 0.2) is 18.2 Å². The van der Waals surface area contributed by atoms with E-state index in [4.69, 9.17) is 4.74 Å². The molecule has 1 fully saturated rings. The Labute approximate surface area is 103 Å². The van der Waals surface area contributed by atoms with Crippen molar-refractivity contribution in [2.75, 3.05) is 25.1 Å². The summed E-state index contributed by atoms with van der Waals surface area (Å²) in [5, 5.41) is 9.19. The van der Waals surface area contributed by atoms with Crippen LogP contribution in [-0.2, 0) is 4.74 Å². The van der Waals surface area contributed by atoms with Crippen molar-refractivity contribution in [1.29, 1.82) is 5.26 Å². The zero-order valence-electron chi connectivity index (χ0n) is 10.4. The van der Waals surface area contributed by atoms with Gasteiger partial charge in [-0.3, -0.25) is 0 Å². The van der Waals surface area contributed by atoms with Gasteiger partial charge in [0.1, 0.15) is 6.07 Å². The van der Waals surface area contributed by atoms with Crippen molar-refractivity contribution >= 4 is 5.69 Å². The van der Waals surface area contributed by atoms with Gasteiger partial charge in [0.2, 0.25) is 0 Å². The molecule has 3 heteroatoms. The van der Waals surface area contributed by atoms with E-state index < -0.39 is 0 Å². The van der Waals surface area contributed by atoms with Crippen molar-refractivity contribution < 1.29 is 4.74 Å². The van der Waals surface area contributed by atoms with E-state index in [0.717, 1.165) is 42.7 Å². The Hall–Kier alpha value is -1.53. The molecule has 1 aromatic carbocycles. The van der Waals surface area contributed by atoms with Gasteiger partial charge >= 0.3 is 0 Å². The molecule has 0 N–H and O–H groups in total. The smallest absolute Gasteiger partial charge is 0.101 e. The van der Waals surface area contributed by atoms with Gasteiger partial charge in [0.15, 0.2) is 0 Å². The fourth-order valence-electron chi connectivity index (χ4n) is 2.36. The monoisotopic (exact) mass is 230 g/mol. The second kappa shape index (κ2) is 5.20. The van der Waals surface area contributed by atoms with E-state index in [2.05, 4.69) is 17.0 Å². The van der Waals surface area contributed by atoms with E-state index >= 15 is 0 Å². The predicted octanol–water partition coefficient (Wildman–Crippen LogP) is 2.48. The molecule has 0 saturated carbocycles. The summed E-state index contributed by atoms with van der Waals surface area (Å²) in [4.78, 5) is 2.26. The minimum absolute atomic E-state index is 0.289. The summed E-state index contributed by atoms with van der Waals surface area (Å²) in [6, 6.07) is 8.34. The highest BCUT2D eigenvalue weighted by Crippen LogP contribution is 2.25. The molecular formula is C14H18N2O. The zero-order chi connectivity index (χ0) is 12.3. The van der Waals surface area contributed by atoms with Gasteiger partial charge in [-0.25, -0.2) is 0 Å². The van der Waals surface area contributed by atoms with Crippen molar-refractivity contribution in [2.24, 2.45) is 0 Å². The second-order valence-electron chi connectivity index (χ2n) is 4.58. The van der Waals surface area contributed by atoms with Crippen molar-refractivity contribution in [3.63, 3.8) is 0 Å². The normalized spacial score (nSPS) is 20.1. The zero-order valence-corrected chi connectivity index (χ0v) is 10.4. The summed E-state index contributed by atoms with van der Waals surface area (Å²) >= 11 is 0. The summed E-state index contributed by atoms with van der Waals surface area (Å²) in [5.74, 6) is 0. The van der Waals surface area contributed by atoms with Gasteiger partial charge < -0.3 is 9.64 Å². The minimum atomic E-state index is 0.289. The molecule has 1 saturated heterocycles. The molecule has 0 spiro atoms. The van der Waals surface area contributed by atoms with Crippen LogP contribution < -0.4 is 4.90 Å². The molecule has 0 aliphatic carbocycles. The van der Waals surface area contributed by atoms with E-state index in [1.807, 2.05) is 19.1 Å². The first kappa shape index (κ1) is 11.9. The number of nitrogens with zero attached hydrogens (tertiary/aromatic N) is 2. The number of piperidine rings is 1. The highest BCUT2D eigenvalue weighted by molar-refractivity contribution is 5.60. The number of anilines is 1. The molecular weight excluding hydrogens is 212 g/mol. The largest absolute Gasteiger partial charge is 0.380 e. The fraction of sp³-hybridized carbons (Fsp3) is 0.500. The highest BCUT2D eigenvalue weighted by atomic mass is 16.5. The van der Waals surface area contributed by atoms with Gasteiger partial charge in [0.25, 0.3) is 0 Å². The topological polar surface area (TPSA) is 36.3 Å². The molecule has 0 bridgehead atoms. The van der Waals surface area contributed by atoms with Gasteiger partial charge in [-0.1, -0.05) is 6.07 Å². The third kappa shape index (κ3) is 2.59. The first-order chi connectivity index (χ1) is 8.24. The Morgan fingerprint density at radius 3 is 3.00 bits per heavy atom. The SMILES string of the molecule is COC1CCCN(c2ccc(C)cc2C#N)C1. The maximum absolute atomic E-state index is 9.19. The van der Waals surface area contributed by atoms with Crippen LogP contribution in [0.25, 0.3) is 0 Å². The average molecular weight is 230 g/mol. The molecule has 90 valence electrons. The average Bonchev–Trinajstić information content (AvgIpc) is 2.38. The van der Waals surface area contributed by atoms with Gasteiger partial charge in [-0.05, 0) is 37.5 Å². The first-order valence-electron chi connectivity index (χ1n) is 6.03. The van der Waals surface area contributed by atoms with Crippen LogP contribution in [0.2, 0.25) is 0 Å². The summed E-state index contributed by atoms with van der Waals surface area (Å²) < 4.78 is 5.42. The van der Waals surface area contributed by atoms with Crippen molar-refractivity contribution in [3.05, 3.63) is 29.3 Å². The number of nitriles is 1. The molecule has 1 aromatic rings. The molecule has 1 unspecified atom stereocenters. The number of aryl methyl sites for hydroxylation is 1. The Kier molecular flexibility index (Phi) is 3.65. The molecule has 1 aliphatic heterocycles. The van der Waals surface area contributed by atoms with Crippen molar-refractivity contribution in [2.45, 2.75) is 25.9 Å². The summed E-state index contributed by atoms with van der Waals surface area (Å²) in [5.41, 5.74) is 2.94. The third-order valence-electron chi connectivity index (χ3n) is 3.32. The van der Waals surface area contributed by atoms with E-state index in [1.165, 1.54) is 0 Å². The van der Waals surface area contributed by atoms with Crippen LogP contribution in [0.4, 0.5) is 5.69 Å². The van der Waals surface area contributed by atoms with Crippen LogP contribution in [0.1, 0.15) is 24.0 Å². The van der Waals surface area contributed by atoms with Gasteiger partial charge in [-0.2, -0.15) is 5.26 Å². The first-order valence-corrected chi connectivity index (χ1v) is 6.03. The number of hydrogen-bond donors (Lipinski definition) is 0. The maximum Gasteiger partial charge on any atom is 0.101 e. The number of rotatable bonds is 2. The van der Waals surface area contributed by atoms with E-state index in [0.29, 0.717) is 0 Å². The molecule has 0 aromatic heterocycles. The van der Waals surface area contributed by atoms with Crippen molar-refractivity contribution in [3.8, 4) is 6.07 Å². The number of ether oxygens (including phenoxy) is 1. The van der Waals surface area contributed by atoms with E-state index in [9.17, 15) is 5.26 Å². The van der Waals surface area contributed by atoms with E-state index in [1.54, 1.807) is 7.11 Å². The van der Waals surface area contributed by atoms with Gasteiger partial charge in [-0.15, -0.1) is 0 Å². The number of methoxy groups -OCH3 is 1. The summed E-state index contributed by atoms with van der Waals surface area (Å²) in [6.07, 6.45) is 2.52. The molecule has 17 heavy (non-hydrogen) atoms. The van der Waals surface area contributed by atoms with Crippen LogP contribution in [0.3, 0.4) is 0 Å². The second-order valence-corrected chi connectivity index (χ2v) is 4.58. The quantitative estimate of drug-likeness (QED) is 0.783. The molecule has 1 heterocycles. The van der Waals surface area contributed by atoms with Crippen LogP contribution in [0.5, 0.6) is 0 Å². The lowest BCUT2D eigenvalue weighted by atomic mass is 10.0. The number of benzene rings is 1. The number of hydrogen-bond acceptors (Lipinski definition) is 3. The molecule has 0 amide bonds. The summed E-state index contributed by atoms with van der Waals surface area (Å²) in [7, 11) is 1.76. The van der Waals surface area contributed by atoms with E-state index in [-0.39, 0.29) is 6.10 Å². The van der Waals surface area contributed by atoms with Gasteiger partial charge in [0.05, 0.1) is 17.4 Å². The van der Waals surface area contributed by atoms with Crippen LogP contribution >= 0.6 is 0 Å². The van der Waals surface area contributed by atoms with Gasteiger partial charge in [0, 0.05) is 20.2 Å². The lowest BCUT2D eigenvalue weighted by Gasteiger charge is -2.34. The van der Waals surface area contributed by atoms with Crippen LogP contribution in [-0.4, -0.2) is 26.3 Å². The minimum Gasteiger partial charge on any atom is -0.380 e. The maximum atomic E-state index is 9.19. The predicted molar refractivity (Wildman–Crippen MR) is 68.1 cm³/mol. The third-order valence-corrected chi connectivity index (χ3v) is 3.32. The Bertz CT molecular complexity index is 436. The summed E-state index contributed by atoms with van der Waals surface area (Å²) in [6.45, 7) is 3.91. The molecule has 0 radical (unpaired) electrons. The standard InChI is InChI=1S/C14H18N2O/c1-11-5-6-14(12(8-11)9-15)16-7-3-4-13(10-16)17-2/h5-6,8,13H,3-4,7,10H2,1-2H3. The lowest BCUT2D eigenvalue weighted by Crippen LogP contribution is -2.39. The van der Waals surface area contributed by atoms with Crippen molar-refractivity contribution in [1.82, 2.24) is 0 Å². The Balaban J connectivity index is 2.24. The molecule has 3 nitrogen and oxygen atoms in total.